The van der Waals surface area contributed by atoms with E-state index in [0.29, 0.717) is 6.54 Å². The predicted octanol–water partition coefficient (Wildman–Crippen LogP) is 1.16. The number of aryl methyl sites for hydroxylation is 1. The lowest BCUT2D eigenvalue weighted by molar-refractivity contribution is 0.119. The summed E-state index contributed by atoms with van der Waals surface area (Å²) in [7, 11) is 0. The molecule has 2 N–H and O–H groups in total. The Kier molecular flexibility index (Phi) is 2.10. The van der Waals surface area contributed by atoms with Crippen molar-refractivity contribution in [1.82, 2.24) is 0 Å². The molecule has 13 heavy (non-hydrogen) atoms. The van der Waals surface area contributed by atoms with E-state index in [1.807, 2.05) is 25.1 Å². The van der Waals surface area contributed by atoms with Crippen molar-refractivity contribution < 1.29 is 9.84 Å². The number of para-hydroxylation sites is 1. The Morgan fingerprint density at radius 1 is 1.62 bits per heavy atom. The SMILES string of the molecule is Cc1cccc2c1OC(CO)CN2. The fourth-order valence-corrected chi connectivity index (χ4v) is 1.48. The lowest BCUT2D eigenvalue weighted by Crippen LogP contribution is -2.33. The molecule has 0 fully saturated rings. The van der Waals surface area contributed by atoms with E-state index in [1.165, 1.54) is 0 Å². The Balaban J connectivity index is 2.32. The molecule has 1 aromatic rings. The molecular weight excluding hydrogens is 166 g/mol. The highest BCUT2D eigenvalue weighted by Gasteiger charge is 2.19. The van der Waals surface area contributed by atoms with E-state index < -0.39 is 0 Å². The van der Waals surface area contributed by atoms with Gasteiger partial charge in [0, 0.05) is 0 Å². The lowest BCUT2D eigenvalue weighted by atomic mass is 10.1. The van der Waals surface area contributed by atoms with Crippen molar-refractivity contribution >= 4 is 5.69 Å². The quantitative estimate of drug-likeness (QED) is 0.679. The van der Waals surface area contributed by atoms with E-state index in [2.05, 4.69) is 5.32 Å². The zero-order valence-electron chi connectivity index (χ0n) is 7.58. The van der Waals surface area contributed by atoms with E-state index in [4.69, 9.17) is 9.84 Å². The first-order chi connectivity index (χ1) is 6.31. The van der Waals surface area contributed by atoms with E-state index in [9.17, 15) is 0 Å². The zero-order chi connectivity index (χ0) is 9.26. The highest BCUT2D eigenvalue weighted by molar-refractivity contribution is 5.61. The van der Waals surface area contributed by atoms with Crippen LogP contribution in [0.4, 0.5) is 5.69 Å². The van der Waals surface area contributed by atoms with E-state index in [-0.39, 0.29) is 12.7 Å². The molecule has 2 rings (SSSR count). The molecule has 3 heteroatoms. The number of aliphatic hydroxyl groups is 1. The Morgan fingerprint density at radius 3 is 3.23 bits per heavy atom. The van der Waals surface area contributed by atoms with Gasteiger partial charge in [-0.1, -0.05) is 12.1 Å². The van der Waals surface area contributed by atoms with Gasteiger partial charge in [-0.2, -0.15) is 0 Å². The van der Waals surface area contributed by atoms with Crippen molar-refractivity contribution in [3.05, 3.63) is 23.8 Å². The summed E-state index contributed by atoms with van der Waals surface area (Å²) in [6, 6.07) is 5.97. The number of rotatable bonds is 1. The van der Waals surface area contributed by atoms with Gasteiger partial charge in [-0.05, 0) is 18.6 Å². The Morgan fingerprint density at radius 2 is 2.46 bits per heavy atom. The molecule has 0 bridgehead atoms. The van der Waals surface area contributed by atoms with Gasteiger partial charge in [0.15, 0.2) is 0 Å². The summed E-state index contributed by atoms with van der Waals surface area (Å²) in [6.07, 6.45) is -0.117. The molecule has 0 saturated heterocycles. The van der Waals surface area contributed by atoms with Crippen LogP contribution in [0, 0.1) is 6.92 Å². The summed E-state index contributed by atoms with van der Waals surface area (Å²) < 4.78 is 5.60. The molecule has 3 nitrogen and oxygen atoms in total. The minimum Gasteiger partial charge on any atom is -0.484 e. The normalized spacial score (nSPS) is 20.0. The lowest BCUT2D eigenvalue weighted by Gasteiger charge is -2.27. The van der Waals surface area contributed by atoms with Crippen molar-refractivity contribution in [2.45, 2.75) is 13.0 Å². The summed E-state index contributed by atoms with van der Waals surface area (Å²) in [5, 5.41) is 12.2. The third-order valence-corrected chi connectivity index (χ3v) is 2.22. The highest BCUT2D eigenvalue weighted by atomic mass is 16.5. The van der Waals surface area contributed by atoms with Gasteiger partial charge in [0.25, 0.3) is 0 Å². The van der Waals surface area contributed by atoms with Gasteiger partial charge in [0.1, 0.15) is 11.9 Å². The van der Waals surface area contributed by atoms with Crippen LogP contribution >= 0.6 is 0 Å². The molecule has 1 atom stereocenters. The van der Waals surface area contributed by atoms with Crippen LogP contribution in [0.25, 0.3) is 0 Å². The summed E-state index contributed by atoms with van der Waals surface area (Å²) in [4.78, 5) is 0. The average molecular weight is 179 g/mol. The molecule has 0 radical (unpaired) electrons. The monoisotopic (exact) mass is 179 g/mol. The van der Waals surface area contributed by atoms with Crippen LogP contribution in [0.1, 0.15) is 5.56 Å². The molecule has 0 aliphatic carbocycles. The maximum Gasteiger partial charge on any atom is 0.145 e. The molecule has 1 aliphatic heterocycles. The van der Waals surface area contributed by atoms with Crippen LogP contribution in [-0.4, -0.2) is 24.4 Å². The number of hydrogen-bond acceptors (Lipinski definition) is 3. The van der Waals surface area contributed by atoms with Gasteiger partial charge in [0.05, 0.1) is 18.8 Å². The van der Waals surface area contributed by atoms with E-state index in [1.54, 1.807) is 0 Å². The number of fused-ring (bicyclic) bond motifs is 1. The van der Waals surface area contributed by atoms with Crippen molar-refractivity contribution in [3.8, 4) is 5.75 Å². The highest BCUT2D eigenvalue weighted by Crippen LogP contribution is 2.31. The number of nitrogens with one attached hydrogen (secondary N) is 1. The Hall–Kier alpha value is -1.22. The standard InChI is InChI=1S/C10H13NO2/c1-7-3-2-4-9-10(7)13-8(6-12)5-11-9/h2-4,8,11-12H,5-6H2,1H3. The van der Waals surface area contributed by atoms with Crippen molar-refractivity contribution in [2.75, 3.05) is 18.5 Å². The van der Waals surface area contributed by atoms with E-state index >= 15 is 0 Å². The average Bonchev–Trinajstić information content (AvgIpc) is 2.18. The van der Waals surface area contributed by atoms with Crippen LogP contribution in [-0.2, 0) is 0 Å². The summed E-state index contributed by atoms with van der Waals surface area (Å²) in [5.41, 5.74) is 2.12. The number of ether oxygens (including phenoxy) is 1. The summed E-state index contributed by atoms with van der Waals surface area (Å²) >= 11 is 0. The summed E-state index contributed by atoms with van der Waals surface area (Å²) in [6.45, 7) is 2.73. The maximum absolute atomic E-state index is 8.94. The van der Waals surface area contributed by atoms with Gasteiger partial charge in [-0.15, -0.1) is 0 Å². The van der Waals surface area contributed by atoms with Gasteiger partial charge >= 0.3 is 0 Å². The van der Waals surface area contributed by atoms with Crippen LogP contribution in [0.5, 0.6) is 5.75 Å². The molecule has 0 aromatic heterocycles. The first kappa shape index (κ1) is 8.38. The number of anilines is 1. The van der Waals surface area contributed by atoms with Gasteiger partial charge in [-0.25, -0.2) is 0 Å². The maximum atomic E-state index is 8.94. The molecule has 1 aliphatic rings. The Labute approximate surface area is 77.3 Å². The first-order valence-corrected chi connectivity index (χ1v) is 4.42. The molecule has 0 spiro atoms. The second-order valence-electron chi connectivity index (χ2n) is 3.25. The topological polar surface area (TPSA) is 41.5 Å². The molecule has 1 heterocycles. The van der Waals surface area contributed by atoms with Crippen molar-refractivity contribution in [3.63, 3.8) is 0 Å². The largest absolute Gasteiger partial charge is 0.484 e. The number of benzene rings is 1. The molecule has 0 saturated carbocycles. The van der Waals surface area contributed by atoms with Crippen LogP contribution in [0.3, 0.4) is 0 Å². The molecule has 1 aromatic carbocycles. The predicted molar refractivity (Wildman–Crippen MR) is 51.2 cm³/mol. The van der Waals surface area contributed by atoms with Gasteiger partial charge < -0.3 is 15.2 Å². The number of aliphatic hydroxyl groups excluding tert-OH is 1. The van der Waals surface area contributed by atoms with E-state index in [0.717, 1.165) is 17.0 Å². The fraction of sp³-hybridized carbons (Fsp3) is 0.400. The molecule has 70 valence electrons. The molecule has 0 amide bonds. The van der Waals surface area contributed by atoms with Crippen molar-refractivity contribution in [2.24, 2.45) is 0 Å². The molecular formula is C10H13NO2. The van der Waals surface area contributed by atoms with Crippen LogP contribution < -0.4 is 10.1 Å². The third-order valence-electron chi connectivity index (χ3n) is 2.22. The van der Waals surface area contributed by atoms with Crippen molar-refractivity contribution in [1.29, 1.82) is 0 Å². The zero-order valence-corrected chi connectivity index (χ0v) is 7.58. The van der Waals surface area contributed by atoms with Gasteiger partial charge in [-0.3, -0.25) is 0 Å². The second-order valence-corrected chi connectivity index (χ2v) is 3.25. The van der Waals surface area contributed by atoms with Gasteiger partial charge in [0.2, 0.25) is 0 Å². The Bertz CT molecular complexity index is 312. The number of hydrogen-bond donors (Lipinski definition) is 2. The summed E-state index contributed by atoms with van der Waals surface area (Å²) in [5.74, 6) is 0.868. The minimum absolute atomic E-state index is 0.0563. The second kappa shape index (κ2) is 3.26. The van der Waals surface area contributed by atoms with Crippen LogP contribution in [0.2, 0.25) is 0 Å². The van der Waals surface area contributed by atoms with Crippen LogP contribution in [0.15, 0.2) is 18.2 Å². The minimum atomic E-state index is -0.117. The fourth-order valence-electron chi connectivity index (χ4n) is 1.48. The third kappa shape index (κ3) is 1.47. The smallest absolute Gasteiger partial charge is 0.145 e. The first-order valence-electron chi connectivity index (χ1n) is 4.42. The molecule has 1 unspecified atom stereocenters.